The molecule has 0 amide bonds. The van der Waals surface area contributed by atoms with Gasteiger partial charge < -0.3 is 19.4 Å². The molecule has 0 atom stereocenters. The maximum absolute atomic E-state index is 14.0. The third kappa shape index (κ3) is 4.45. The molecule has 0 saturated heterocycles. The van der Waals surface area contributed by atoms with Crippen molar-refractivity contribution in [1.82, 2.24) is 19.1 Å². The molecule has 3 heterocycles. The van der Waals surface area contributed by atoms with Gasteiger partial charge in [-0.2, -0.15) is 0 Å². The molecule has 4 aromatic rings. The van der Waals surface area contributed by atoms with Crippen molar-refractivity contribution >= 4 is 11.5 Å². The number of anilines is 2. The van der Waals surface area contributed by atoms with Crippen LogP contribution in [0.15, 0.2) is 59.9 Å². The van der Waals surface area contributed by atoms with Crippen LogP contribution in [0.25, 0.3) is 11.3 Å². The highest BCUT2D eigenvalue weighted by atomic mass is 19.1. The molecule has 0 radical (unpaired) electrons. The number of aromatic nitrogens is 4. The Balaban J connectivity index is 1.50. The third-order valence-electron chi connectivity index (χ3n) is 5.29. The summed E-state index contributed by atoms with van der Waals surface area (Å²) in [5.41, 5.74) is 0.844. The largest absolute Gasteiger partial charge is 0.486 e. The van der Waals surface area contributed by atoms with Gasteiger partial charge in [-0.25, -0.2) is 18.6 Å². The molecular weight excluding hydrogens is 432 g/mol. The van der Waals surface area contributed by atoms with E-state index in [2.05, 4.69) is 15.3 Å². The van der Waals surface area contributed by atoms with Crippen molar-refractivity contribution in [2.75, 3.05) is 18.5 Å². The first kappa shape index (κ1) is 20.8. The zero-order chi connectivity index (χ0) is 22.8. The molecule has 0 aliphatic carbocycles. The quantitative estimate of drug-likeness (QED) is 0.443. The number of H-pyrrole nitrogens is 1. The van der Waals surface area contributed by atoms with Crippen LogP contribution in [0.3, 0.4) is 0 Å². The van der Waals surface area contributed by atoms with Crippen molar-refractivity contribution in [2.24, 2.45) is 0 Å². The monoisotopic (exact) mass is 453 g/mol. The second kappa shape index (κ2) is 8.81. The molecule has 2 aromatic carbocycles. The molecule has 33 heavy (non-hydrogen) atoms. The van der Waals surface area contributed by atoms with Gasteiger partial charge >= 0.3 is 5.69 Å². The molecule has 0 spiro atoms. The molecule has 10 heteroatoms. The molecule has 2 aromatic heterocycles. The number of hydrogen-bond acceptors (Lipinski definition) is 5. The number of benzene rings is 2. The first-order valence-corrected chi connectivity index (χ1v) is 10.5. The topological polar surface area (TPSA) is 86.1 Å². The summed E-state index contributed by atoms with van der Waals surface area (Å²) in [6, 6.07) is 8.49. The predicted octanol–water partition coefficient (Wildman–Crippen LogP) is 3.92. The molecule has 170 valence electrons. The van der Waals surface area contributed by atoms with Crippen molar-refractivity contribution < 1.29 is 18.3 Å². The molecule has 0 saturated carbocycles. The summed E-state index contributed by atoms with van der Waals surface area (Å²) in [6.07, 6.45) is 5.82. The average molecular weight is 453 g/mol. The molecular formula is C23H21F2N5O3. The second-order valence-corrected chi connectivity index (χ2v) is 7.60. The molecule has 2 N–H and O–H groups in total. The van der Waals surface area contributed by atoms with E-state index in [9.17, 15) is 13.6 Å². The van der Waals surface area contributed by atoms with E-state index in [0.29, 0.717) is 61.4 Å². The van der Waals surface area contributed by atoms with Crippen LogP contribution >= 0.6 is 0 Å². The van der Waals surface area contributed by atoms with Gasteiger partial charge in [0, 0.05) is 48.9 Å². The molecule has 0 bridgehead atoms. The molecule has 5 rings (SSSR count). The fourth-order valence-electron chi connectivity index (χ4n) is 3.86. The minimum Gasteiger partial charge on any atom is -0.486 e. The number of hydrogen-bond donors (Lipinski definition) is 2. The minimum absolute atomic E-state index is 0.244. The Morgan fingerprint density at radius 3 is 2.58 bits per heavy atom. The van der Waals surface area contributed by atoms with Crippen molar-refractivity contribution in [3.8, 4) is 22.8 Å². The van der Waals surface area contributed by atoms with Gasteiger partial charge in [0.1, 0.15) is 30.7 Å². The zero-order valence-electron chi connectivity index (χ0n) is 17.6. The lowest BCUT2D eigenvalue weighted by molar-refractivity contribution is 0.171. The standard InChI is InChI=1S/C23H21F2N5O3/c24-16-10-15(11-17(25)12-16)21-22(27-18-2-3-19-20(13-18)33-9-8-32-19)28-23(31)30(21)6-1-5-29-7-4-26-14-29/h2-4,7,10-14,27H,1,5-6,8-9H2,(H,28,31). The number of nitrogens with one attached hydrogen (secondary N) is 2. The first-order chi connectivity index (χ1) is 16.1. The highest BCUT2D eigenvalue weighted by Crippen LogP contribution is 2.35. The minimum atomic E-state index is -0.728. The number of fused-ring (bicyclic) bond motifs is 1. The number of aromatic amines is 1. The average Bonchev–Trinajstić information content (AvgIpc) is 3.41. The Bertz CT molecular complexity index is 1310. The van der Waals surface area contributed by atoms with E-state index in [0.717, 1.165) is 6.07 Å². The smallest absolute Gasteiger partial charge is 0.327 e. The van der Waals surface area contributed by atoms with Gasteiger partial charge in [-0.05, 0) is 30.7 Å². The van der Waals surface area contributed by atoms with Gasteiger partial charge in [0.15, 0.2) is 11.5 Å². The van der Waals surface area contributed by atoms with E-state index >= 15 is 0 Å². The summed E-state index contributed by atoms with van der Waals surface area (Å²) in [4.78, 5) is 19.6. The lowest BCUT2D eigenvalue weighted by Crippen LogP contribution is -2.18. The van der Waals surface area contributed by atoms with Gasteiger partial charge in [0.05, 0.1) is 12.0 Å². The Hall–Kier alpha value is -4.08. The third-order valence-corrected chi connectivity index (χ3v) is 5.29. The number of ether oxygens (including phenoxy) is 2. The lowest BCUT2D eigenvalue weighted by atomic mass is 10.1. The van der Waals surface area contributed by atoms with Crippen LogP contribution in [-0.2, 0) is 13.1 Å². The fourth-order valence-corrected chi connectivity index (χ4v) is 3.86. The van der Waals surface area contributed by atoms with Crippen molar-refractivity contribution in [3.63, 3.8) is 0 Å². The van der Waals surface area contributed by atoms with Crippen LogP contribution in [0.2, 0.25) is 0 Å². The summed E-state index contributed by atoms with van der Waals surface area (Å²) >= 11 is 0. The summed E-state index contributed by atoms with van der Waals surface area (Å²) in [5.74, 6) is 0.0728. The fraction of sp³-hybridized carbons (Fsp3) is 0.217. The van der Waals surface area contributed by atoms with Crippen LogP contribution in [0.1, 0.15) is 6.42 Å². The van der Waals surface area contributed by atoms with Gasteiger partial charge in [0.2, 0.25) is 0 Å². The number of nitrogens with zero attached hydrogens (tertiary/aromatic N) is 3. The van der Waals surface area contributed by atoms with Crippen LogP contribution in [0.5, 0.6) is 11.5 Å². The van der Waals surface area contributed by atoms with Gasteiger partial charge in [-0.3, -0.25) is 9.55 Å². The van der Waals surface area contributed by atoms with Crippen molar-refractivity contribution in [1.29, 1.82) is 0 Å². The van der Waals surface area contributed by atoms with E-state index in [1.54, 1.807) is 30.7 Å². The van der Waals surface area contributed by atoms with Gasteiger partial charge in [-0.15, -0.1) is 0 Å². The second-order valence-electron chi connectivity index (χ2n) is 7.60. The first-order valence-electron chi connectivity index (χ1n) is 10.5. The highest BCUT2D eigenvalue weighted by molar-refractivity contribution is 5.76. The number of rotatable bonds is 7. The van der Waals surface area contributed by atoms with E-state index in [4.69, 9.17) is 9.47 Å². The maximum atomic E-state index is 14.0. The SMILES string of the molecule is O=c1[nH]c(Nc2ccc3c(c2)OCCO3)c(-c2cc(F)cc(F)c2)n1CCCn1ccnc1. The van der Waals surface area contributed by atoms with E-state index in [-0.39, 0.29) is 11.3 Å². The van der Waals surface area contributed by atoms with Crippen LogP contribution in [0, 0.1) is 11.6 Å². The molecule has 1 aliphatic heterocycles. The van der Waals surface area contributed by atoms with Gasteiger partial charge in [0.25, 0.3) is 0 Å². The van der Waals surface area contributed by atoms with Crippen molar-refractivity contribution in [2.45, 2.75) is 19.5 Å². The van der Waals surface area contributed by atoms with Gasteiger partial charge in [-0.1, -0.05) is 0 Å². The number of imidazole rings is 2. The van der Waals surface area contributed by atoms with Crippen LogP contribution in [0.4, 0.5) is 20.3 Å². The molecule has 8 nitrogen and oxygen atoms in total. The number of halogens is 2. The van der Waals surface area contributed by atoms with Crippen molar-refractivity contribution in [3.05, 3.63) is 77.2 Å². The molecule has 1 aliphatic rings. The molecule has 0 fully saturated rings. The highest BCUT2D eigenvalue weighted by Gasteiger charge is 2.19. The Morgan fingerprint density at radius 2 is 1.82 bits per heavy atom. The zero-order valence-corrected chi connectivity index (χ0v) is 17.6. The summed E-state index contributed by atoms with van der Waals surface area (Å²) in [7, 11) is 0. The van der Waals surface area contributed by atoms with Crippen LogP contribution in [-0.4, -0.2) is 32.3 Å². The van der Waals surface area contributed by atoms with E-state index < -0.39 is 11.6 Å². The number of aryl methyl sites for hydroxylation is 1. The Labute approximate surface area is 187 Å². The molecule has 0 unspecified atom stereocenters. The normalized spacial score (nSPS) is 12.7. The summed E-state index contributed by atoms with van der Waals surface area (Å²) in [5, 5.41) is 3.15. The lowest BCUT2D eigenvalue weighted by Gasteiger charge is -2.19. The van der Waals surface area contributed by atoms with E-state index in [1.807, 2.05) is 10.8 Å². The predicted molar refractivity (Wildman–Crippen MR) is 118 cm³/mol. The Kier molecular flexibility index (Phi) is 5.55. The van der Waals surface area contributed by atoms with E-state index in [1.165, 1.54) is 16.7 Å². The maximum Gasteiger partial charge on any atom is 0.327 e. The summed E-state index contributed by atoms with van der Waals surface area (Å²) < 4.78 is 42.6. The van der Waals surface area contributed by atoms with Crippen LogP contribution < -0.4 is 20.5 Å². The summed E-state index contributed by atoms with van der Waals surface area (Å²) in [6.45, 7) is 1.89. The Morgan fingerprint density at radius 1 is 1.03 bits per heavy atom.